The molecule has 3 aromatic heterocycles. The smallest absolute Gasteiger partial charge is 0.252 e. The number of piperazine rings is 1. The molecule has 1 unspecified atom stereocenters. The number of para-hydroxylation sites is 1. The van der Waals surface area contributed by atoms with Crippen molar-refractivity contribution in [3.8, 4) is 21.8 Å². The van der Waals surface area contributed by atoms with E-state index in [1.807, 2.05) is 13.0 Å². The van der Waals surface area contributed by atoms with E-state index in [1.165, 1.54) is 16.9 Å². The van der Waals surface area contributed by atoms with Gasteiger partial charge in [-0.2, -0.15) is 4.31 Å². The van der Waals surface area contributed by atoms with Gasteiger partial charge >= 0.3 is 0 Å². The average Bonchev–Trinajstić information content (AvgIpc) is 3.67. The molecular weight excluding hydrogens is 595 g/mol. The van der Waals surface area contributed by atoms with E-state index in [0.717, 1.165) is 51.5 Å². The van der Waals surface area contributed by atoms with Crippen molar-refractivity contribution >= 4 is 38.1 Å². The van der Waals surface area contributed by atoms with Crippen LogP contribution >= 0.6 is 11.3 Å². The highest BCUT2D eigenvalue weighted by molar-refractivity contribution is 7.91. The lowest BCUT2D eigenvalue weighted by Gasteiger charge is -2.35. The van der Waals surface area contributed by atoms with Crippen molar-refractivity contribution in [3.05, 3.63) is 78.2 Å². The maximum absolute atomic E-state index is 13.4. The van der Waals surface area contributed by atoms with Crippen molar-refractivity contribution in [3.63, 3.8) is 0 Å². The first-order valence-electron chi connectivity index (χ1n) is 14.7. The minimum atomic E-state index is -3.57. The van der Waals surface area contributed by atoms with Crippen LogP contribution in [0.5, 0.6) is 0 Å². The van der Waals surface area contributed by atoms with E-state index in [4.69, 9.17) is 4.52 Å². The van der Waals surface area contributed by atoms with Crippen LogP contribution in [0.1, 0.15) is 18.2 Å². The molecule has 4 heterocycles. The van der Waals surface area contributed by atoms with Gasteiger partial charge in [0, 0.05) is 62.3 Å². The summed E-state index contributed by atoms with van der Waals surface area (Å²) in [6, 6.07) is 20.1. The summed E-state index contributed by atoms with van der Waals surface area (Å²) in [5.41, 5.74) is 5.13. The Bertz CT molecular complexity index is 1860. The summed E-state index contributed by atoms with van der Waals surface area (Å²) in [6.45, 7) is 7.80. The van der Waals surface area contributed by atoms with Gasteiger partial charge in [-0.3, -0.25) is 4.90 Å². The minimum absolute atomic E-state index is 0.0912. The molecule has 0 saturated carbocycles. The van der Waals surface area contributed by atoms with Crippen LogP contribution in [-0.2, 0) is 16.6 Å². The molecule has 0 amide bonds. The molecule has 1 aliphatic rings. The summed E-state index contributed by atoms with van der Waals surface area (Å²) in [5.74, 6) is 1.38. The molecule has 230 valence electrons. The molecule has 1 fully saturated rings. The molecule has 0 aliphatic carbocycles. The molecule has 6 rings (SSSR count). The van der Waals surface area contributed by atoms with Crippen LogP contribution < -0.4 is 5.32 Å². The average molecular weight is 632 g/mol. The second-order valence-electron chi connectivity index (χ2n) is 11.6. The van der Waals surface area contributed by atoms with Crippen LogP contribution in [0.2, 0.25) is 0 Å². The Hall–Kier alpha value is -3.68. The molecule has 1 N–H and O–H groups in total. The van der Waals surface area contributed by atoms with Gasteiger partial charge in [-0.05, 0) is 63.3 Å². The number of sulfonamides is 1. The zero-order valence-electron chi connectivity index (χ0n) is 25.4. The SMILES string of the molecule is Cc1cc(-c2ccc(S(=O)(=O)N3CCN(CC(C)Nc4ncnc5c(-c6cccc(CN(C)C)c6)cccc45)CC3)s2)on1. The number of fused-ring (bicyclic) bond motifs is 1. The third-order valence-electron chi connectivity index (χ3n) is 7.69. The van der Waals surface area contributed by atoms with Gasteiger partial charge in [0.2, 0.25) is 0 Å². The molecular formula is C32H37N7O3S2. The summed E-state index contributed by atoms with van der Waals surface area (Å²) in [4.78, 5) is 14.5. The van der Waals surface area contributed by atoms with E-state index in [0.29, 0.717) is 36.1 Å². The lowest BCUT2D eigenvalue weighted by molar-refractivity contribution is 0.184. The molecule has 2 aromatic carbocycles. The fourth-order valence-corrected chi connectivity index (χ4v) is 8.49. The van der Waals surface area contributed by atoms with Gasteiger partial charge in [-0.25, -0.2) is 18.4 Å². The lowest BCUT2D eigenvalue weighted by Crippen LogP contribution is -2.50. The molecule has 10 nitrogen and oxygen atoms in total. The topological polar surface area (TPSA) is 108 Å². The maximum atomic E-state index is 13.4. The van der Waals surface area contributed by atoms with E-state index in [1.54, 1.807) is 22.8 Å². The van der Waals surface area contributed by atoms with Crippen LogP contribution in [0.15, 0.2) is 75.7 Å². The number of rotatable bonds is 10. The summed E-state index contributed by atoms with van der Waals surface area (Å²) in [7, 11) is 0.567. The third-order valence-corrected chi connectivity index (χ3v) is 11.2. The number of aryl methyl sites for hydroxylation is 1. The van der Waals surface area contributed by atoms with E-state index in [2.05, 4.69) is 93.7 Å². The quantitative estimate of drug-likeness (QED) is 0.223. The zero-order chi connectivity index (χ0) is 30.8. The molecule has 44 heavy (non-hydrogen) atoms. The fourth-order valence-electron chi connectivity index (χ4n) is 5.65. The lowest BCUT2D eigenvalue weighted by atomic mass is 10.00. The van der Waals surface area contributed by atoms with Crippen LogP contribution in [-0.4, -0.2) is 90.5 Å². The van der Waals surface area contributed by atoms with Crippen LogP contribution in [0, 0.1) is 6.92 Å². The molecule has 1 saturated heterocycles. The van der Waals surface area contributed by atoms with Crippen molar-refractivity contribution < 1.29 is 12.9 Å². The highest BCUT2D eigenvalue weighted by Gasteiger charge is 2.30. The van der Waals surface area contributed by atoms with E-state index >= 15 is 0 Å². The molecule has 0 radical (unpaired) electrons. The first-order chi connectivity index (χ1) is 21.2. The van der Waals surface area contributed by atoms with Crippen molar-refractivity contribution in [2.75, 3.05) is 52.1 Å². The minimum Gasteiger partial charge on any atom is -0.366 e. The van der Waals surface area contributed by atoms with Gasteiger partial charge in [0.15, 0.2) is 5.76 Å². The van der Waals surface area contributed by atoms with Crippen molar-refractivity contribution in [2.45, 2.75) is 30.6 Å². The summed E-state index contributed by atoms with van der Waals surface area (Å²) < 4.78 is 34.0. The number of hydrogen-bond acceptors (Lipinski definition) is 10. The van der Waals surface area contributed by atoms with Gasteiger partial charge in [0.25, 0.3) is 10.0 Å². The Kier molecular flexibility index (Phi) is 8.79. The van der Waals surface area contributed by atoms with E-state index < -0.39 is 10.0 Å². The fraction of sp³-hybridized carbons (Fsp3) is 0.344. The Labute approximate surface area is 262 Å². The number of aromatic nitrogens is 3. The van der Waals surface area contributed by atoms with Gasteiger partial charge in [0.1, 0.15) is 16.4 Å². The third kappa shape index (κ3) is 6.54. The Morgan fingerprint density at radius 2 is 1.82 bits per heavy atom. The zero-order valence-corrected chi connectivity index (χ0v) is 27.0. The van der Waals surface area contributed by atoms with Crippen molar-refractivity contribution in [1.29, 1.82) is 0 Å². The number of hydrogen-bond donors (Lipinski definition) is 1. The van der Waals surface area contributed by atoms with Crippen molar-refractivity contribution in [2.24, 2.45) is 0 Å². The second kappa shape index (κ2) is 12.7. The number of benzene rings is 2. The molecule has 0 spiro atoms. The highest BCUT2D eigenvalue weighted by Crippen LogP contribution is 2.33. The molecule has 12 heteroatoms. The molecule has 1 aliphatic heterocycles. The van der Waals surface area contributed by atoms with Gasteiger partial charge in [0.05, 0.1) is 16.1 Å². The van der Waals surface area contributed by atoms with Crippen molar-refractivity contribution in [1.82, 2.24) is 29.2 Å². The standard InChI is InChI=1S/C32H37N7O3S2/c1-22-17-28(42-36-22)29-11-12-30(43-29)44(40,41)39-15-13-38(14-16-39)19-23(2)35-32-27-10-6-9-26(31(27)33-21-34-32)25-8-5-7-24(18-25)20-37(3)4/h5-12,17-18,21,23H,13-16,19-20H2,1-4H3,(H,33,34,35). The normalized spacial score (nSPS) is 15.7. The van der Waals surface area contributed by atoms with Gasteiger partial charge < -0.3 is 14.7 Å². The maximum Gasteiger partial charge on any atom is 0.252 e. The Morgan fingerprint density at radius 3 is 2.57 bits per heavy atom. The summed E-state index contributed by atoms with van der Waals surface area (Å²) in [6.07, 6.45) is 1.62. The largest absolute Gasteiger partial charge is 0.366 e. The first-order valence-corrected chi connectivity index (χ1v) is 16.9. The predicted octanol–water partition coefficient (Wildman–Crippen LogP) is 5.19. The molecule has 0 bridgehead atoms. The Morgan fingerprint density at radius 1 is 1.02 bits per heavy atom. The highest BCUT2D eigenvalue weighted by atomic mass is 32.2. The predicted molar refractivity (Wildman–Crippen MR) is 175 cm³/mol. The van der Waals surface area contributed by atoms with E-state index in [-0.39, 0.29) is 6.04 Å². The van der Waals surface area contributed by atoms with E-state index in [9.17, 15) is 8.42 Å². The Balaban J connectivity index is 1.09. The van der Waals surface area contributed by atoms with Crippen LogP contribution in [0.3, 0.4) is 0 Å². The summed E-state index contributed by atoms with van der Waals surface area (Å²) >= 11 is 1.21. The monoisotopic (exact) mass is 631 g/mol. The number of anilines is 1. The number of nitrogens with zero attached hydrogens (tertiary/aromatic N) is 6. The summed E-state index contributed by atoms with van der Waals surface area (Å²) in [5, 5.41) is 8.47. The number of thiophene rings is 1. The first kappa shape index (κ1) is 30.4. The van der Waals surface area contributed by atoms with Gasteiger partial charge in [-0.1, -0.05) is 35.5 Å². The second-order valence-corrected chi connectivity index (χ2v) is 14.8. The molecule has 1 atom stereocenters. The molecule has 5 aromatic rings. The van der Waals surface area contributed by atoms with Crippen LogP contribution in [0.4, 0.5) is 5.82 Å². The number of nitrogens with one attached hydrogen (secondary N) is 1. The van der Waals surface area contributed by atoms with Crippen LogP contribution in [0.25, 0.3) is 32.7 Å². The van der Waals surface area contributed by atoms with Gasteiger partial charge in [-0.15, -0.1) is 11.3 Å².